The first kappa shape index (κ1) is 13.6. The van der Waals surface area contributed by atoms with E-state index in [1.54, 1.807) is 0 Å². The lowest BCUT2D eigenvalue weighted by molar-refractivity contribution is 0.402. The molecule has 1 aromatic heterocycles. The standard InChI is InChI=1S/C18H19N3/c1-21(2)13-14-7-9-15(10-8-14)20-18-11-12-19-17-6-4-3-5-16(17)18/h3-12H,13H2,1-2H3,(H,19,20). The van der Waals surface area contributed by atoms with E-state index in [1.165, 1.54) is 5.56 Å². The molecule has 0 aliphatic heterocycles. The Morgan fingerprint density at radius 1 is 0.952 bits per heavy atom. The van der Waals surface area contributed by atoms with Crippen molar-refractivity contribution in [3.05, 3.63) is 66.4 Å². The van der Waals surface area contributed by atoms with Crippen molar-refractivity contribution in [3.63, 3.8) is 0 Å². The van der Waals surface area contributed by atoms with E-state index in [-0.39, 0.29) is 0 Å². The van der Waals surface area contributed by atoms with Gasteiger partial charge >= 0.3 is 0 Å². The minimum absolute atomic E-state index is 0.957. The molecule has 3 heteroatoms. The lowest BCUT2D eigenvalue weighted by Gasteiger charge is -2.12. The fourth-order valence-electron chi connectivity index (χ4n) is 2.42. The highest BCUT2D eigenvalue weighted by molar-refractivity contribution is 5.92. The minimum atomic E-state index is 0.957. The number of rotatable bonds is 4. The maximum Gasteiger partial charge on any atom is 0.0722 e. The molecule has 0 spiro atoms. The fourth-order valence-corrected chi connectivity index (χ4v) is 2.42. The van der Waals surface area contributed by atoms with E-state index in [0.717, 1.165) is 28.8 Å². The molecule has 0 amide bonds. The molecule has 0 aliphatic carbocycles. The van der Waals surface area contributed by atoms with E-state index in [0.29, 0.717) is 0 Å². The topological polar surface area (TPSA) is 28.2 Å². The van der Waals surface area contributed by atoms with Crippen molar-refractivity contribution in [1.29, 1.82) is 0 Å². The Balaban J connectivity index is 1.85. The Kier molecular flexibility index (Phi) is 3.84. The van der Waals surface area contributed by atoms with Gasteiger partial charge in [-0.25, -0.2) is 0 Å². The van der Waals surface area contributed by atoms with Crippen molar-refractivity contribution in [2.45, 2.75) is 6.54 Å². The van der Waals surface area contributed by atoms with Crippen molar-refractivity contribution >= 4 is 22.3 Å². The number of para-hydroxylation sites is 1. The van der Waals surface area contributed by atoms with Crippen LogP contribution in [0.2, 0.25) is 0 Å². The molecule has 0 unspecified atom stereocenters. The van der Waals surface area contributed by atoms with Crippen molar-refractivity contribution in [1.82, 2.24) is 9.88 Å². The van der Waals surface area contributed by atoms with Crippen LogP contribution in [0.5, 0.6) is 0 Å². The molecule has 21 heavy (non-hydrogen) atoms. The molecule has 0 atom stereocenters. The number of nitrogens with zero attached hydrogens (tertiary/aromatic N) is 2. The lowest BCUT2D eigenvalue weighted by atomic mass is 10.1. The Labute approximate surface area is 125 Å². The van der Waals surface area contributed by atoms with Crippen LogP contribution in [0.15, 0.2) is 60.8 Å². The van der Waals surface area contributed by atoms with Crippen molar-refractivity contribution in [2.75, 3.05) is 19.4 Å². The molecule has 0 radical (unpaired) electrons. The van der Waals surface area contributed by atoms with Crippen LogP contribution < -0.4 is 5.32 Å². The molecule has 3 nitrogen and oxygen atoms in total. The number of benzene rings is 2. The van der Waals surface area contributed by atoms with Crippen LogP contribution in [0.4, 0.5) is 11.4 Å². The molecule has 0 bridgehead atoms. The number of aromatic nitrogens is 1. The van der Waals surface area contributed by atoms with E-state index in [9.17, 15) is 0 Å². The van der Waals surface area contributed by atoms with Crippen LogP contribution in [0, 0.1) is 0 Å². The zero-order valence-corrected chi connectivity index (χ0v) is 12.4. The maximum atomic E-state index is 4.38. The monoisotopic (exact) mass is 277 g/mol. The number of fused-ring (bicyclic) bond motifs is 1. The summed E-state index contributed by atoms with van der Waals surface area (Å²) in [6, 6.07) is 18.7. The lowest BCUT2D eigenvalue weighted by Crippen LogP contribution is -2.10. The normalized spacial score (nSPS) is 11.0. The largest absolute Gasteiger partial charge is 0.355 e. The molecule has 1 N–H and O–H groups in total. The van der Waals surface area contributed by atoms with Gasteiger partial charge in [-0.3, -0.25) is 4.98 Å². The molecular weight excluding hydrogens is 258 g/mol. The number of hydrogen-bond acceptors (Lipinski definition) is 3. The van der Waals surface area contributed by atoms with E-state index in [4.69, 9.17) is 0 Å². The van der Waals surface area contributed by atoms with Gasteiger partial charge in [0.2, 0.25) is 0 Å². The molecule has 1 heterocycles. The average Bonchev–Trinajstić information content (AvgIpc) is 2.49. The summed E-state index contributed by atoms with van der Waals surface area (Å²) in [7, 11) is 4.16. The minimum Gasteiger partial charge on any atom is -0.355 e. The Hall–Kier alpha value is -2.39. The quantitative estimate of drug-likeness (QED) is 0.780. The van der Waals surface area contributed by atoms with Gasteiger partial charge in [0.15, 0.2) is 0 Å². The SMILES string of the molecule is CN(C)Cc1ccc(Nc2ccnc3ccccc23)cc1. The predicted molar refractivity (Wildman–Crippen MR) is 88.9 cm³/mol. The molecule has 2 aromatic carbocycles. The van der Waals surface area contributed by atoms with Crippen LogP contribution in [0.1, 0.15) is 5.56 Å². The highest BCUT2D eigenvalue weighted by atomic mass is 15.0. The third-order valence-electron chi connectivity index (χ3n) is 3.38. The zero-order valence-electron chi connectivity index (χ0n) is 12.4. The second-order valence-corrected chi connectivity index (χ2v) is 5.44. The number of anilines is 2. The van der Waals surface area contributed by atoms with Crippen LogP contribution in [0.25, 0.3) is 10.9 Å². The van der Waals surface area contributed by atoms with Gasteiger partial charge in [-0.15, -0.1) is 0 Å². The first-order valence-corrected chi connectivity index (χ1v) is 7.07. The van der Waals surface area contributed by atoms with Gasteiger partial charge in [-0.2, -0.15) is 0 Å². The van der Waals surface area contributed by atoms with Crippen LogP contribution >= 0.6 is 0 Å². The summed E-state index contributed by atoms with van der Waals surface area (Å²) in [6.07, 6.45) is 1.84. The maximum absolute atomic E-state index is 4.38. The summed E-state index contributed by atoms with van der Waals surface area (Å²) in [5, 5.41) is 4.61. The molecule has 3 rings (SSSR count). The van der Waals surface area contributed by atoms with Crippen LogP contribution in [-0.4, -0.2) is 24.0 Å². The van der Waals surface area contributed by atoms with E-state index < -0.39 is 0 Å². The van der Waals surface area contributed by atoms with Crippen molar-refractivity contribution in [2.24, 2.45) is 0 Å². The zero-order chi connectivity index (χ0) is 14.7. The molecule has 106 valence electrons. The van der Waals surface area contributed by atoms with E-state index >= 15 is 0 Å². The number of hydrogen-bond donors (Lipinski definition) is 1. The van der Waals surface area contributed by atoms with Gasteiger partial charge in [-0.1, -0.05) is 30.3 Å². The second kappa shape index (κ2) is 5.94. The van der Waals surface area contributed by atoms with Gasteiger partial charge in [0, 0.05) is 29.5 Å². The molecule has 3 aromatic rings. The molecular formula is C18H19N3. The van der Waals surface area contributed by atoms with Gasteiger partial charge in [0.1, 0.15) is 0 Å². The first-order valence-electron chi connectivity index (χ1n) is 7.07. The van der Waals surface area contributed by atoms with Gasteiger partial charge in [-0.05, 0) is 43.9 Å². The van der Waals surface area contributed by atoms with Gasteiger partial charge in [0.25, 0.3) is 0 Å². The smallest absolute Gasteiger partial charge is 0.0722 e. The Bertz CT molecular complexity index is 728. The van der Waals surface area contributed by atoms with Gasteiger partial charge < -0.3 is 10.2 Å². The van der Waals surface area contributed by atoms with E-state index in [2.05, 4.69) is 59.6 Å². The van der Waals surface area contributed by atoms with Gasteiger partial charge in [0.05, 0.1) is 5.52 Å². The number of nitrogens with one attached hydrogen (secondary N) is 1. The summed E-state index contributed by atoms with van der Waals surface area (Å²) in [4.78, 5) is 6.55. The van der Waals surface area contributed by atoms with Crippen LogP contribution in [0.3, 0.4) is 0 Å². The van der Waals surface area contributed by atoms with Crippen molar-refractivity contribution in [3.8, 4) is 0 Å². The third-order valence-corrected chi connectivity index (χ3v) is 3.38. The highest BCUT2D eigenvalue weighted by Gasteiger charge is 2.02. The predicted octanol–water partition coefficient (Wildman–Crippen LogP) is 4.04. The fraction of sp³-hybridized carbons (Fsp3) is 0.167. The molecule has 0 saturated carbocycles. The second-order valence-electron chi connectivity index (χ2n) is 5.44. The third kappa shape index (κ3) is 3.20. The summed E-state index contributed by atoms with van der Waals surface area (Å²) in [6.45, 7) is 0.957. The van der Waals surface area contributed by atoms with Crippen LogP contribution in [-0.2, 0) is 6.54 Å². The molecule has 0 aliphatic rings. The number of pyridine rings is 1. The highest BCUT2D eigenvalue weighted by Crippen LogP contribution is 2.25. The molecule has 0 fully saturated rings. The summed E-state index contributed by atoms with van der Waals surface area (Å²) < 4.78 is 0. The van der Waals surface area contributed by atoms with E-state index in [1.807, 2.05) is 30.5 Å². The summed E-state index contributed by atoms with van der Waals surface area (Å²) in [5.41, 5.74) is 4.49. The summed E-state index contributed by atoms with van der Waals surface area (Å²) >= 11 is 0. The average molecular weight is 277 g/mol. The first-order chi connectivity index (χ1) is 10.2. The molecule has 0 saturated heterocycles. The van der Waals surface area contributed by atoms with Crippen molar-refractivity contribution < 1.29 is 0 Å². The Morgan fingerprint density at radius 3 is 2.48 bits per heavy atom. The Morgan fingerprint density at radius 2 is 1.71 bits per heavy atom. The summed E-state index contributed by atoms with van der Waals surface area (Å²) in [5.74, 6) is 0.